The molecule has 0 radical (unpaired) electrons. The molecule has 46 heteroatoms. The van der Waals surface area contributed by atoms with Crippen LogP contribution in [0, 0.1) is 194 Å². The summed E-state index contributed by atoms with van der Waals surface area (Å²) in [6.07, 6.45) is -4.93. The van der Waals surface area contributed by atoms with Gasteiger partial charge >= 0.3 is 101 Å². The maximum absolute atomic E-state index is 12.9. The Morgan fingerprint density at radius 3 is 0.841 bits per heavy atom. The maximum atomic E-state index is 12.9. The van der Waals surface area contributed by atoms with Crippen molar-refractivity contribution in [1.82, 2.24) is 0 Å². The van der Waals surface area contributed by atoms with Gasteiger partial charge in [-0.15, -0.1) is 0 Å². The standard InChI is InChI=1S/C26H42O4Si3.C24H36O4Si3.C7H10Si.2C6H6F6O.3C3H3F3O.2CH4.5Ar/c1-9-26(2,3)25(27)28-21-16-22-31(4,5)29-33(8,24-19-14-11-15-20-24)30-32(6,7)23-17-12-10-13-18-23;1-21(2)24(25)26-19-14-20-29(3,4)27-31(7,23-17-12-9-13-18-23)28-30(5,6)22-15-10-8-11-16-22;1-8-7-5-3-2-4-6-7;2*1-3(7)4(8,9)5(10,11)6(3,12)13-2;3*1-7-3(6)2(4)5;;;;;;;/h10-15,17-20H,9,16,21-22H2,1-8H3;8-13,15-18H,1,14,19-20H2,2-7H3;2-6H,8H2,1H3;2*1-2H3;3*1H3;2*1H4;;;;;. The van der Waals surface area contributed by atoms with Crippen molar-refractivity contribution < 1.29 is 340 Å². The van der Waals surface area contributed by atoms with Crippen LogP contribution in [0.15, 0.2) is 200 Å². The normalized spacial score (nSPS) is 19.0. The van der Waals surface area contributed by atoms with Gasteiger partial charge in [0.05, 0.1) is 49.5 Å². The molecule has 5 aromatic rings. The first-order valence-corrected chi connectivity index (χ1v) is 55.3. The summed E-state index contributed by atoms with van der Waals surface area (Å²) in [6.45, 7) is 36.7. The van der Waals surface area contributed by atoms with E-state index in [-0.39, 0.29) is 239 Å². The zero-order valence-corrected chi connectivity index (χ0v) is 83.3. The fraction of sp³-hybridized carbons (Fsp3) is 0.500. The molecule has 6 atom stereocenters. The molecule has 0 aromatic heterocycles. The zero-order chi connectivity index (χ0) is 92.7. The summed E-state index contributed by atoms with van der Waals surface area (Å²) in [4.78, 5) is 23.9. The molecule has 13 nitrogen and oxygen atoms in total. The molecule has 126 heavy (non-hydrogen) atoms. The minimum atomic E-state index is -5.14. The number of benzene rings is 5. The minimum Gasteiger partial charge on any atom is -0.470 e. The van der Waals surface area contributed by atoms with Crippen molar-refractivity contribution in [2.75, 3.05) is 48.8 Å². The predicted molar refractivity (Wildman–Crippen MR) is 448 cm³/mol. The summed E-state index contributed by atoms with van der Waals surface area (Å²) in [7, 11) is -10.5. The summed E-state index contributed by atoms with van der Waals surface area (Å²) in [6, 6.07) is 48.9. The second-order valence-electron chi connectivity index (χ2n) is 29.8. The van der Waals surface area contributed by atoms with Crippen LogP contribution in [0.3, 0.4) is 0 Å². The average Bonchev–Trinajstić information content (AvgIpc) is 0.668. The number of methoxy groups -OCH3 is 5. The van der Waals surface area contributed by atoms with Crippen molar-refractivity contribution in [2.24, 2.45) is 5.41 Å². The van der Waals surface area contributed by atoms with E-state index in [9.17, 15) is 102 Å². The topological polar surface area (TPSA) is 136 Å². The van der Waals surface area contributed by atoms with Gasteiger partial charge in [-0.3, -0.25) is 4.79 Å². The van der Waals surface area contributed by atoms with Gasteiger partial charge in [-0.05, 0) is 152 Å². The van der Waals surface area contributed by atoms with E-state index in [0.717, 1.165) is 57.9 Å². The van der Waals surface area contributed by atoms with Gasteiger partial charge in [-0.1, -0.05) is 192 Å². The number of alkyl halides is 12. The first-order chi connectivity index (χ1) is 54.4. The van der Waals surface area contributed by atoms with Crippen LogP contribution < -0.4 is 25.9 Å². The van der Waals surface area contributed by atoms with Crippen LogP contribution in [0.1, 0.15) is 75.7 Å². The third-order valence-electron chi connectivity index (χ3n) is 18.3. The Bertz CT molecular complexity index is 3870. The summed E-state index contributed by atoms with van der Waals surface area (Å²) < 4.78 is 305. The number of carbonyl (C=O) groups is 2. The summed E-state index contributed by atoms with van der Waals surface area (Å²) in [5.74, 6) is -29.4. The monoisotopic (exact) mass is 2080 g/mol. The Morgan fingerprint density at radius 1 is 0.405 bits per heavy atom. The SMILES string of the molecule is C.C.C=C(C)C(=O)OCCC[Si](C)(C)O[Si](C)(O[Si](C)(C)c1ccccc1)c1ccccc1.CCC(C)(C)C(=O)OCCC[Si](C)(C)O[Si](C)(O[Si](C)(C)c1ccccc1)c1ccccc1.COC(F)=C(F)F.COC(F)=C(F)F.COC(F)=C(F)F.COC1(F)C(C)(F)C(F)(F)C1(F)F.COC1(F)C(C)(F)C(F)(F)C1(F)F.C[SiH2]c1ccccc1.[Ar].[Ar].[Ar].[Ar].[Ar]. The van der Waals surface area contributed by atoms with Crippen LogP contribution in [-0.2, 0) is 59.2 Å². The van der Waals surface area contributed by atoms with Crippen molar-refractivity contribution in [1.29, 1.82) is 0 Å². The van der Waals surface area contributed by atoms with E-state index in [1.54, 1.807) is 12.1 Å². The van der Waals surface area contributed by atoms with Crippen LogP contribution in [0.2, 0.25) is 84.1 Å². The van der Waals surface area contributed by atoms with Crippen molar-refractivity contribution in [2.45, 2.75) is 207 Å². The smallest absolute Gasteiger partial charge is 0.374 e. The molecule has 2 fully saturated rings. The van der Waals surface area contributed by atoms with Crippen LogP contribution in [0.5, 0.6) is 0 Å². The van der Waals surface area contributed by atoms with Crippen LogP contribution in [0.25, 0.3) is 0 Å². The van der Waals surface area contributed by atoms with E-state index < -0.39 is 139 Å². The van der Waals surface area contributed by atoms with Gasteiger partial charge in [-0.2, -0.15) is 74.6 Å². The van der Waals surface area contributed by atoms with Gasteiger partial charge in [0.1, 0.15) is 0 Å². The number of hydrogen-bond donors (Lipinski definition) is 0. The number of hydrogen-bond acceptors (Lipinski definition) is 13. The van der Waals surface area contributed by atoms with Gasteiger partial charge in [0.15, 0.2) is 16.6 Å². The predicted octanol–water partition coefficient (Wildman–Crippen LogP) is 21.9. The van der Waals surface area contributed by atoms with E-state index >= 15 is 0 Å². The third kappa shape index (κ3) is 40.3. The molecule has 0 aliphatic heterocycles. The molecule has 2 saturated carbocycles. The second kappa shape index (κ2) is 61.7. The molecule has 0 amide bonds. The van der Waals surface area contributed by atoms with E-state index in [2.05, 4.69) is 230 Å². The molecule has 7 rings (SSSR count). The largest absolute Gasteiger partial charge is 0.470 e. The molecular weight excluding hydrogens is 1960 g/mol. The number of rotatable bonds is 29. The van der Waals surface area contributed by atoms with Crippen LogP contribution >= 0.6 is 0 Å². The number of halogens is 21. The molecule has 2 aliphatic carbocycles. The van der Waals surface area contributed by atoms with Gasteiger partial charge < -0.3 is 49.6 Å². The average molecular weight is 2080 g/mol. The number of esters is 2. The van der Waals surface area contributed by atoms with Gasteiger partial charge in [0.25, 0.3) is 0 Å². The van der Waals surface area contributed by atoms with Gasteiger partial charge in [0, 0.05) is 208 Å². The fourth-order valence-corrected chi connectivity index (χ4v) is 38.2. The minimum absolute atomic E-state index is 0. The molecule has 0 N–H and O–H groups in total. The Labute approximate surface area is 887 Å². The van der Waals surface area contributed by atoms with Crippen molar-refractivity contribution >= 4 is 97.8 Å². The first-order valence-electron chi connectivity index (χ1n) is 36.5. The number of ether oxygens (including phenoxy) is 7. The molecule has 0 spiro atoms. The second-order valence-corrected chi connectivity index (χ2v) is 54.7. The Kier molecular flexibility index (Phi) is 69.0. The maximum Gasteiger partial charge on any atom is 0.374 e. The van der Waals surface area contributed by atoms with E-state index in [1.807, 2.05) is 45.0 Å². The van der Waals surface area contributed by atoms with Crippen LogP contribution in [0.4, 0.5) is 92.2 Å². The van der Waals surface area contributed by atoms with E-state index in [1.165, 1.54) is 15.6 Å². The number of carbonyl (C=O) groups excluding carboxylic acids is 2. The van der Waals surface area contributed by atoms with E-state index in [4.69, 9.17) is 25.9 Å². The molecule has 6 unspecified atom stereocenters. The Morgan fingerprint density at radius 2 is 0.651 bits per heavy atom. The van der Waals surface area contributed by atoms with Crippen molar-refractivity contribution in [3.63, 3.8) is 0 Å². The van der Waals surface area contributed by atoms with E-state index in [0.29, 0.717) is 33.0 Å². The zero-order valence-electron chi connectivity index (χ0n) is 72.3. The summed E-state index contributed by atoms with van der Waals surface area (Å²) >= 11 is 0. The van der Waals surface area contributed by atoms with Crippen LogP contribution in [-0.4, -0.2) is 167 Å². The molecular formula is C80H117Ar5F21O13Si7. The third-order valence-corrected chi connectivity index (χ3v) is 43.6. The summed E-state index contributed by atoms with van der Waals surface area (Å²) in [5.41, 5.74) is -8.03. The molecule has 730 valence electrons. The quantitative estimate of drug-likeness (QED) is 0.0112. The van der Waals surface area contributed by atoms with Gasteiger partial charge in [0.2, 0.25) is 28.0 Å². The Hall–Kier alpha value is -0.493. The fourth-order valence-electron chi connectivity index (χ4n) is 10.9. The molecule has 5 aromatic carbocycles. The molecule has 0 heterocycles. The molecule has 0 bridgehead atoms. The van der Waals surface area contributed by atoms with Gasteiger partial charge in [-0.25, -0.2) is 22.4 Å². The Balaban J connectivity index is -0.000000226. The van der Waals surface area contributed by atoms with Crippen molar-refractivity contribution in [3.05, 3.63) is 200 Å². The first kappa shape index (κ1) is 141. The molecule has 2 aliphatic rings. The van der Waals surface area contributed by atoms with Crippen molar-refractivity contribution in [3.8, 4) is 0 Å². The molecule has 0 saturated heterocycles. The summed E-state index contributed by atoms with van der Waals surface area (Å²) in [5, 5.41) is 6.40.